The second-order valence-electron chi connectivity index (χ2n) is 4.37. The number of amides is 1. The standard InChI is InChI=1S/C11H22N2O3/c1-9-10(4-7-15-9)16-8-11(14)12-5-6-13(2)3/h9-10H,4-8H2,1-3H3,(H,12,14). The molecule has 1 aliphatic heterocycles. The van der Waals surface area contributed by atoms with Gasteiger partial charge in [-0.3, -0.25) is 4.79 Å². The van der Waals surface area contributed by atoms with E-state index in [1.165, 1.54) is 0 Å². The van der Waals surface area contributed by atoms with Crippen LogP contribution in [0.2, 0.25) is 0 Å². The molecule has 1 heterocycles. The van der Waals surface area contributed by atoms with Gasteiger partial charge in [0.15, 0.2) is 0 Å². The Morgan fingerprint density at radius 1 is 1.56 bits per heavy atom. The highest BCUT2D eigenvalue weighted by atomic mass is 16.6. The number of nitrogens with one attached hydrogen (secondary N) is 1. The van der Waals surface area contributed by atoms with Crippen LogP contribution in [0.5, 0.6) is 0 Å². The van der Waals surface area contributed by atoms with Crippen LogP contribution in [0.25, 0.3) is 0 Å². The van der Waals surface area contributed by atoms with E-state index in [0.29, 0.717) is 6.54 Å². The molecule has 5 nitrogen and oxygen atoms in total. The summed E-state index contributed by atoms with van der Waals surface area (Å²) < 4.78 is 10.8. The Balaban J connectivity index is 2.05. The molecule has 94 valence electrons. The Morgan fingerprint density at radius 2 is 2.31 bits per heavy atom. The molecule has 1 fully saturated rings. The summed E-state index contributed by atoms with van der Waals surface area (Å²) in [5, 5.41) is 2.81. The molecule has 1 aliphatic rings. The van der Waals surface area contributed by atoms with E-state index in [-0.39, 0.29) is 24.7 Å². The summed E-state index contributed by atoms with van der Waals surface area (Å²) in [5.41, 5.74) is 0. The zero-order valence-corrected chi connectivity index (χ0v) is 10.4. The van der Waals surface area contributed by atoms with Crippen molar-refractivity contribution in [1.29, 1.82) is 0 Å². The summed E-state index contributed by atoms with van der Waals surface area (Å²) in [6, 6.07) is 0. The lowest BCUT2D eigenvalue weighted by molar-refractivity contribution is -0.128. The third-order valence-electron chi connectivity index (χ3n) is 2.62. The summed E-state index contributed by atoms with van der Waals surface area (Å²) in [5.74, 6) is -0.0547. The van der Waals surface area contributed by atoms with Gasteiger partial charge < -0.3 is 19.7 Å². The number of carbonyl (C=O) groups excluding carboxylic acids is 1. The van der Waals surface area contributed by atoms with Crippen molar-refractivity contribution in [3.8, 4) is 0 Å². The van der Waals surface area contributed by atoms with E-state index in [9.17, 15) is 4.79 Å². The molecule has 0 radical (unpaired) electrons. The van der Waals surface area contributed by atoms with Crippen molar-refractivity contribution >= 4 is 5.91 Å². The fourth-order valence-electron chi connectivity index (χ4n) is 1.58. The van der Waals surface area contributed by atoms with Crippen LogP contribution in [0, 0.1) is 0 Å². The van der Waals surface area contributed by atoms with E-state index < -0.39 is 0 Å². The van der Waals surface area contributed by atoms with Crippen molar-refractivity contribution in [2.45, 2.75) is 25.6 Å². The normalized spacial score (nSPS) is 25.0. The van der Waals surface area contributed by atoms with Gasteiger partial charge in [0.25, 0.3) is 0 Å². The predicted molar refractivity (Wildman–Crippen MR) is 61.3 cm³/mol. The van der Waals surface area contributed by atoms with Crippen LogP contribution in [-0.4, -0.2) is 63.4 Å². The lowest BCUT2D eigenvalue weighted by Gasteiger charge is -2.15. The summed E-state index contributed by atoms with van der Waals surface area (Å²) >= 11 is 0. The fourth-order valence-corrected chi connectivity index (χ4v) is 1.58. The smallest absolute Gasteiger partial charge is 0.246 e. The molecule has 0 aromatic carbocycles. The van der Waals surface area contributed by atoms with Crippen molar-refractivity contribution in [2.24, 2.45) is 0 Å². The fraction of sp³-hybridized carbons (Fsp3) is 0.909. The van der Waals surface area contributed by atoms with Gasteiger partial charge in [-0.2, -0.15) is 0 Å². The van der Waals surface area contributed by atoms with E-state index >= 15 is 0 Å². The summed E-state index contributed by atoms with van der Waals surface area (Å²) in [7, 11) is 3.94. The van der Waals surface area contributed by atoms with Gasteiger partial charge in [0.2, 0.25) is 5.91 Å². The second-order valence-corrected chi connectivity index (χ2v) is 4.37. The summed E-state index contributed by atoms with van der Waals surface area (Å²) in [4.78, 5) is 13.4. The third-order valence-corrected chi connectivity index (χ3v) is 2.62. The molecular weight excluding hydrogens is 208 g/mol. The minimum Gasteiger partial charge on any atom is -0.376 e. The third kappa shape index (κ3) is 4.92. The zero-order valence-electron chi connectivity index (χ0n) is 10.4. The molecule has 1 amide bonds. The van der Waals surface area contributed by atoms with Crippen molar-refractivity contribution in [3.05, 3.63) is 0 Å². The van der Waals surface area contributed by atoms with Crippen molar-refractivity contribution in [3.63, 3.8) is 0 Å². The highest BCUT2D eigenvalue weighted by molar-refractivity contribution is 5.77. The van der Waals surface area contributed by atoms with Gasteiger partial charge >= 0.3 is 0 Å². The van der Waals surface area contributed by atoms with Crippen LogP contribution in [0.15, 0.2) is 0 Å². The first kappa shape index (κ1) is 13.4. The van der Waals surface area contributed by atoms with Crippen LogP contribution in [0.3, 0.4) is 0 Å². The van der Waals surface area contributed by atoms with Gasteiger partial charge in [0, 0.05) is 19.7 Å². The lowest BCUT2D eigenvalue weighted by Crippen LogP contribution is -2.35. The molecule has 2 unspecified atom stereocenters. The van der Waals surface area contributed by atoms with Crippen LogP contribution < -0.4 is 5.32 Å². The Hall–Kier alpha value is -0.650. The highest BCUT2D eigenvalue weighted by Crippen LogP contribution is 2.15. The molecule has 2 atom stereocenters. The number of ether oxygens (including phenoxy) is 2. The Labute approximate surface area is 97.1 Å². The van der Waals surface area contributed by atoms with Gasteiger partial charge in [0.1, 0.15) is 6.61 Å². The quantitative estimate of drug-likeness (QED) is 0.690. The van der Waals surface area contributed by atoms with E-state index in [0.717, 1.165) is 19.6 Å². The maximum absolute atomic E-state index is 11.4. The Morgan fingerprint density at radius 3 is 2.88 bits per heavy atom. The maximum Gasteiger partial charge on any atom is 0.246 e. The van der Waals surface area contributed by atoms with E-state index in [2.05, 4.69) is 5.32 Å². The average molecular weight is 230 g/mol. The zero-order chi connectivity index (χ0) is 12.0. The molecule has 1 N–H and O–H groups in total. The van der Waals surface area contributed by atoms with E-state index in [1.807, 2.05) is 25.9 Å². The van der Waals surface area contributed by atoms with Gasteiger partial charge in [0.05, 0.1) is 12.2 Å². The van der Waals surface area contributed by atoms with Crippen LogP contribution >= 0.6 is 0 Å². The molecule has 0 saturated carbocycles. The van der Waals surface area contributed by atoms with Crippen molar-refractivity contribution < 1.29 is 14.3 Å². The van der Waals surface area contributed by atoms with Gasteiger partial charge in [-0.25, -0.2) is 0 Å². The molecule has 0 aromatic rings. The van der Waals surface area contributed by atoms with Crippen molar-refractivity contribution in [1.82, 2.24) is 10.2 Å². The highest BCUT2D eigenvalue weighted by Gasteiger charge is 2.25. The first-order valence-electron chi connectivity index (χ1n) is 5.74. The number of nitrogens with zero attached hydrogens (tertiary/aromatic N) is 1. The number of carbonyl (C=O) groups is 1. The number of likely N-dealkylation sites (N-methyl/N-ethyl adjacent to an activating group) is 1. The largest absolute Gasteiger partial charge is 0.376 e. The monoisotopic (exact) mass is 230 g/mol. The molecule has 0 spiro atoms. The molecule has 1 saturated heterocycles. The first-order valence-corrected chi connectivity index (χ1v) is 5.74. The average Bonchev–Trinajstić information content (AvgIpc) is 2.60. The second kappa shape index (κ2) is 6.83. The van der Waals surface area contributed by atoms with E-state index in [1.54, 1.807) is 0 Å². The summed E-state index contributed by atoms with van der Waals surface area (Å²) in [6.07, 6.45) is 1.06. The first-order chi connectivity index (χ1) is 7.59. The van der Waals surface area contributed by atoms with Crippen molar-refractivity contribution in [2.75, 3.05) is 40.4 Å². The summed E-state index contributed by atoms with van der Waals surface area (Å²) in [6.45, 7) is 4.34. The van der Waals surface area contributed by atoms with Gasteiger partial charge in [-0.05, 0) is 27.4 Å². The molecular formula is C11H22N2O3. The molecule has 1 rings (SSSR count). The van der Waals surface area contributed by atoms with Crippen LogP contribution in [-0.2, 0) is 14.3 Å². The number of rotatable bonds is 6. The van der Waals surface area contributed by atoms with Crippen LogP contribution in [0.4, 0.5) is 0 Å². The Kier molecular flexibility index (Phi) is 5.73. The SMILES string of the molecule is CC1OCCC1OCC(=O)NCCN(C)C. The molecule has 0 bridgehead atoms. The van der Waals surface area contributed by atoms with Gasteiger partial charge in [-0.15, -0.1) is 0 Å². The lowest BCUT2D eigenvalue weighted by atomic mass is 10.2. The molecule has 16 heavy (non-hydrogen) atoms. The minimum atomic E-state index is -0.0547. The topological polar surface area (TPSA) is 50.8 Å². The number of hydrogen-bond donors (Lipinski definition) is 1. The minimum absolute atomic E-state index is 0.0547. The predicted octanol–water partition coefficient (Wildman–Crippen LogP) is -0.142. The number of hydrogen-bond acceptors (Lipinski definition) is 4. The van der Waals surface area contributed by atoms with Crippen LogP contribution in [0.1, 0.15) is 13.3 Å². The Bertz CT molecular complexity index is 221. The maximum atomic E-state index is 11.4. The molecule has 5 heteroatoms. The van der Waals surface area contributed by atoms with E-state index in [4.69, 9.17) is 9.47 Å². The molecule has 0 aliphatic carbocycles. The molecule has 0 aromatic heterocycles. The van der Waals surface area contributed by atoms with Gasteiger partial charge in [-0.1, -0.05) is 0 Å².